The van der Waals surface area contributed by atoms with E-state index in [4.69, 9.17) is 0 Å². The minimum atomic E-state index is -9.25. The molecule has 2 N–H and O–H groups in total. The van der Waals surface area contributed by atoms with Crippen molar-refractivity contribution < 1.29 is 55.1 Å². The van der Waals surface area contributed by atoms with Gasteiger partial charge >= 0.3 is 127 Å². The zero-order valence-corrected chi connectivity index (χ0v) is 16.1. The third-order valence-corrected chi connectivity index (χ3v) is 14.1. The van der Waals surface area contributed by atoms with Crippen LogP contribution in [0.3, 0.4) is 0 Å². The van der Waals surface area contributed by atoms with Gasteiger partial charge in [-0.05, 0) is 0 Å². The molecular weight excluding hydrogens is 452 g/mol. The van der Waals surface area contributed by atoms with E-state index in [9.17, 15) is 39.5 Å². The molecule has 1 fully saturated rings. The van der Waals surface area contributed by atoms with E-state index in [1.807, 2.05) is 0 Å². The Bertz CT molecular complexity index is 379. The molecular formula is C10H19Cl2F9N3Ti. The Morgan fingerprint density at radius 3 is 1.16 bits per heavy atom. The Hall–Kier alpha value is 0.544. The van der Waals surface area contributed by atoms with Crippen LogP contribution >= 0.6 is 24.8 Å². The van der Waals surface area contributed by atoms with Gasteiger partial charge in [0.05, 0.1) is 0 Å². The number of hydrogen-bond donors (Lipinski definition) is 2. The van der Waals surface area contributed by atoms with E-state index in [2.05, 4.69) is 10.6 Å². The molecule has 0 radical (unpaired) electrons. The summed E-state index contributed by atoms with van der Waals surface area (Å²) in [4.78, 5) is 0. The molecule has 0 aromatic heterocycles. The topological polar surface area (TPSA) is 27.3 Å². The first-order valence-electron chi connectivity index (χ1n) is 6.72. The van der Waals surface area contributed by atoms with Crippen LogP contribution in [0.2, 0.25) is 5.23 Å². The maximum absolute atomic E-state index is 13.4. The summed E-state index contributed by atoms with van der Waals surface area (Å²) in [6.07, 6.45) is 0. The number of hydrogen-bond acceptors (Lipinski definition) is 3. The van der Waals surface area contributed by atoms with Gasteiger partial charge in [0, 0.05) is 0 Å². The summed E-state index contributed by atoms with van der Waals surface area (Å²) in [5.74, 6) is 0. The number of halogens is 11. The van der Waals surface area contributed by atoms with Gasteiger partial charge in [0.25, 0.3) is 0 Å². The molecule has 0 aromatic carbocycles. The molecule has 1 aliphatic rings. The van der Waals surface area contributed by atoms with Crippen LogP contribution in [0.25, 0.3) is 0 Å². The van der Waals surface area contributed by atoms with Crippen LogP contribution in [0.5, 0.6) is 0 Å². The van der Waals surface area contributed by atoms with Gasteiger partial charge in [0.2, 0.25) is 0 Å². The summed E-state index contributed by atoms with van der Waals surface area (Å²) in [5.41, 5.74) is 0. The van der Waals surface area contributed by atoms with Crippen molar-refractivity contribution in [3.05, 3.63) is 0 Å². The second kappa shape index (κ2) is 8.70. The van der Waals surface area contributed by atoms with E-state index in [0.29, 0.717) is 0 Å². The van der Waals surface area contributed by atoms with Gasteiger partial charge in [-0.15, -0.1) is 24.8 Å². The molecule has 25 heavy (non-hydrogen) atoms. The molecule has 1 heterocycles. The molecule has 0 unspecified atom stereocenters. The minimum absolute atomic E-state index is 0. The molecule has 1 aliphatic heterocycles. The summed E-state index contributed by atoms with van der Waals surface area (Å²) in [5, 5.41) is 4.42. The number of rotatable bonds is 1. The quantitative estimate of drug-likeness (QED) is 0.453. The summed E-state index contributed by atoms with van der Waals surface area (Å²) in [6, 6.07) is 0. The third-order valence-electron chi connectivity index (χ3n) is 4.47. The molecule has 0 atom stereocenters. The first kappa shape index (κ1) is 27.8. The van der Waals surface area contributed by atoms with Crippen molar-refractivity contribution in [3.8, 4) is 0 Å². The number of nitrogens with zero attached hydrogens (tertiary/aromatic N) is 1. The van der Waals surface area contributed by atoms with Gasteiger partial charge < -0.3 is 0 Å². The van der Waals surface area contributed by atoms with Gasteiger partial charge in [-0.3, -0.25) is 0 Å². The molecule has 0 saturated carbocycles. The predicted octanol–water partition coefficient (Wildman–Crippen LogP) is 3.54. The molecule has 0 bridgehead atoms. The van der Waals surface area contributed by atoms with E-state index >= 15 is 0 Å². The molecule has 1 saturated heterocycles. The van der Waals surface area contributed by atoms with Crippen LogP contribution in [0, 0.1) is 0 Å². The Labute approximate surface area is 152 Å². The molecule has 0 spiro atoms. The molecule has 15 heteroatoms. The van der Waals surface area contributed by atoms with Crippen molar-refractivity contribution in [2.24, 2.45) is 0 Å². The fourth-order valence-electron chi connectivity index (χ4n) is 2.55. The zero-order chi connectivity index (χ0) is 18.2. The standard InChI is InChI=1S/C6H14N3.3CF3.CH3.2ClH.Ti/c1-2-8-5-6-9-4-3-7-1;3*2-1(3)4;;;;/h7-8H,1-6H2;;;;1H3;2*1H;/q-1;;;;;;;+1. The normalized spacial score (nSPS) is 20.8. The van der Waals surface area contributed by atoms with Crippen molar-refractivity contribution in [3.63, 3.8) is 0 Å². The van der Waals surface area contributed by atoms with E-state index in [0.717, 1.165) is 0 Å². The second-order valence-corrected chi connectivity index (χ2v) is 14.6. The molecule has 3 nitrogen and oxygen atoms in total. The summed E-state index contributed by atoms with van der Waals surface area (Å²) < 4.78 is 101. The van der Waals surface area contributed by atoms with E-state index in [1.54, 1.807) is 0 Å². The molecule has 0 amide bonds. The average molecular weight is 471 g/mol. The SMILES string of the molecule is Cl.Cl.[CH3][Ti]([N]1CCNCCNCC1)([C](F)(F)F)([C](F)(F)F)[C](F)(F)F. The van der Waals surface area contributed by atoms with Crippen LogP contribution in [-0.4, -0.2) is 56.1 Å². The van der Waals surface area contributed by atoms with Gasteiger partial charge in [0.15, 0.2) is 0 Å². The molecule has 155 valence electrons. The fraction of sp³-hybridized carbons (Fsp3) is 1.00. The summed E-state index contributed by atoms with van der Waals surface area (Å²) in [7, 11) is 0. The Kier molecular flexibility index (Phi) is 9.66. The van der Waals surface area contributed by atoms with Crippen LogP contribution in [0.1, 0.15) is 0 Å². The van der Waals surface area contributed by atoms with Crippen molar-refractivity contribution in [2.45, 2.75) is 18.7 Å². The average Bonchev–Trinajstić information content (AvgIpc) is 2.46. The maximum atomic E-state index is 13.4. The van der Waals surface area contributed by atoms with Gasteiger partial charge in [-0.25, -0.2) is 0 Å². The van der Waals surface area contributed by atoms with Crippen molar-refractivity contribution in [2.75, 3.05) is 39.3 Å². The monoisotopic (exact) mass is 470 g/mol. The van der Waals surface area contributed by atoms with Crippen LogP contribution in [0.4, 0.5) is 39.5 Å². The van der Waals surface area contributed by atoms with E-state index < -0.39 is 60.4 Å². The first-order valence-corrected chi connectivity index (χ1v) is 11.3. The van der Waals surface area contributed by atoms with E-state index in [-0.39, 0.29) is 41.3 Å². The Morgan fingerprint density at radius 1 is 0.640 bits per heavy atom. The second-order valence-electron chi connectivity index (χ2n) is 5.66. The summed E-state index contributed by atoms with van der Waals surface area (Å²) >= 11 is -9.25. The van der Waals surface area contributed by atoms with Crippen molar-refractivity contribution in [1.82, 2.24) is 14.0 Å². The fourth-order valence-corrected chi connectivity index (χ4v) is 7.83. The number of alkyl halides is 9. The predicted molar refractivity (Wildman–Crippen MR) is 75.8 cm³/mol. The van der Waals surface area contributed by atoms with Crippen molar-refractivity contribution >= 4 is 24.8 Å². The molecule has 0 aliphatic carbocycles. The first-order chi connectivity index (χ1) is 10.2. The van der Waals surface area contributed by atoms with Gasteiger partial charge in [0.1, 0.15) is 0 Å². The van der Waals surface area contributed by atoms with Crippen LogP contribution < -0.4 is 10.6 Å². The summed E-state index contributed by atoms with van der Waals surface area (Å²) in [6.45, 7) is -2.26. The molecule has 0 aromatic rings. The third kappa shape index (κ3) is 4.04. The Morgan fingerprint density at radius 2 is 0.920 bits per heavy atom. The Balaban J connectivity index is 0. The number of nitrogens with one attached hydrogen (secondary N) is 2. The van der Waals surface area contributed by atoms with Crippen LogP contribution in [0.15, 0.2) is 0 Å². The van der Waals surface area contributed by atoms with Gasteiger partial charge in [-0.2, -0.15) is 0 Å². The van der Waals surface area contributed by atoms with Crippen LogP contribution in [-0.2, 0) is 15.6 Å². The van der Waals surface area contributed by atoms with Crippen molar-refractivity contribution in [1.29, 1.82) is 0 Å². The zero-order valence-electron chi connectivity index (χ0n) is 12.9. The van der Waals surface area contributed by atoms with Gasteiger partial charge in [-0.1, -0.05) is 0 Å². The molecule has 1 rings (SSSR count). The van der Waals surface area contributed by atoms with E-state index in [1.165, 1.54) is 0 Å².